The topological polar surface area (TPSA) is 3.24 Å². The summed E-state index contributed by atoms with van der Waals surface area (Å²) in [5.41, 5.74) is 1.34. The molecule has 1 heterocycles. The molecular formula is C12H14F3N. The molecule has 0 saturated heterocycles. The number of fused-ring (bicyclic) bond motifs is 1. The van der Waals surface area contributed by atoms with E-state index in [2.05, 4.69) is 11.8 Å². The zero-order valence-corrected chi connectivity index (χ0v) is 9.14. The Morgan fingerprint density at radius 2 is 2.00 bits per heavy atom. The molecule has 0 spiro atoms. The number of halogens is 3. The van der Waals surface area contributed by atoms with Crippen LogP contribution in [0.25, 0.3) is 0 Å². The van der Waals surface area contributed by atoms with Crippen LogP contribution in [-0.4, -0.2) is 18.0 Å². The number of rotatable bonds is 1. The second kappa shape index (κ2) is 4.09. The highest BCUT2D eigenvalue weighted by Crippen LogP contribution is 2.31. The zero-order chi connectivity index (χ0) is 11.8. The zero-order valence-electron chi connectivity index (χ0n) is 9.14. The summed E-state index contributed by atoms with van der Waals surface area (Å²) in [6, 6.07) is 4.08. The van der Waals surface area contributed by atoms with Crippen molar-refractivity contribution in [2.45, 2.75) is 26.1 Å². The predicted molar refractivity (Wildman–Crippen MR) is 56.1 cm³/mol. The molecule has 0 saturated carbocycles. The largest absolute Gasteiger partial charge is 0.416 e. The van der Waals surface area contributed by atoms with Gasteiger partial charge in [0.2, 0.25) is 0 Å². The Morgan fingerprint density at radius 1 is 1.25 bits per heavy atom. The van der Waals surface area contributed by atoms with Crippen LogP contribution < -0.4 is 0 Å². The average molecular weight is 229 g/mol. The molecule has 1 nitrogen and oxygen atoms in total. The fourth-order valence-corrected chi connectivity index (χ4v) is 2.06. The number of nitrogens with zero attached hydrogens (tertiary/aromatic N) is 1. The quantitative estimate of drug-likeness (QED) is 0.715. The molecular weight excluding hydrogens is 215 g/mol. The summed E-state index contributed by atoms with van der Waals surface area (Å²) in [4.78, 5) is 2.23. The van der Waals surface area contributed by atoms with E-state index < -0.39 is 11.7 Å². The van der Waals surface area contributed by atoms with Crippen molar-refractivity contribution in [1.82, 2.24) is 4.90 Å². The van der Waals surface area contributed by atoms with Gasteiger partial charge < -0.3 is 0 Å². The Labute approximate surface area is 92.9 Å². The third-order valence-electron chi connectivity index (χ3n) is 3.07. The number of benzene rings is 1. The second-order valence-electron chi connectivity index (χ2n) is 4.10. The highest BCUT2D eigenvalue weighted by Gasteiger charge is 2.31. The average Bonchev–Trinajstić information content (AvgIpc) is 2.26. The molecule has 0 unspecified atom stereocenters. The molecule has 1 aromatic carbocycles. The van der Waals surface area contributed by atoms with Crippen molar-refractivity contribution in [3.63, 3.8) is 0 Å². The first-order chi connectivity index (χ1) is 7.50. The summed E-state index contributed by atoms with van der Waals surface area (Å²) in [6.07, 6.45) is -3.51. The minimum absolute atomic E-state index is 0.531. The van der Waals surface area contributed by atoms with Gasteiger partial charge in [0.15, 0.2) is 0 Å². The molecule has 0 radical (unpaired) electrons. The molecule has 0 aromatic heterocycles. The van der Waals surface area contributed by atoms with Gasteiger partial charge in [-0.2, -0.15) is 13.2 Å². The highest BCUT2D eigenvalue weighted by molar-refractivity contribution is 5.35. The fraction of sp³-hybridized carbons (Fsp3) is 0.500. The predicted octanol–water partition coefficient (Wildman–Crippen LogP) is 3.08. The Hall–Kier alpha value is -1.03. The molecule has 0 aliphatic carbocycles. The maximum Gasteiger partial charge on any atom is 0.416 e. The Bertz CT molecular complexity index is 384. The molecule has 0 bridgehead atoms. The Morgan fingerprint density at radius 3 is 2.62 bits per heavy atom. The van der Waals surface area contributed by atoms with Crippen molar-refractivity contribution in [1.29, 1.82) is 0 Å². The van der Waals surface area contributed by atoms with Crippen molar-refractivity contribution in [2.75, 3.05) is 13.1 Å². The molecule has 4 heteroatoms. The van der Waals surface area contributed by atoms with Gasteiger partial charge in [-0.3, -0.25) is 4.90 Å². The van der Waals surface area contributed by atoms with Crippen molar-refractivity contribution in [3.8, 4) is 0 Å². The molecule has 1 aliphatic heterocycles. The molecule has 88 valence electrons. The van der Waals surface area contributed by atoms with Gasteiger partial charge in [-0.25, -0.2) is 0 Å². The minimum atomic E-state index is -4.23. The number of likely N-dealkylation sites (N-methyl/N-ethyl adjacent to an activating group) is 1. The molecule has 16 heavy (non-hydrogen) atoms. The van der Waals surface area contributed by atoms with E-state index in [4.69, 9.17) is 0 Å². The lowest BCUT2D eigenvalue weighted by Crippen LogP contribution is -2.30. The van der Waals surface area contributed by atoms with E-state index in [1.54, 1.807) is 6.07 Å². The monoisotopic (exact) mass is 229 g/mol. The van der Waals surface area contributed by atoms with Crippen molar-refractivity contribution < 1.29 is 13.2 Å². The van der Waals surface area contributed by atoms with Crippen molar-refractivity contribution in [3.05, 3.63) is 34.9 Å². The van der Waals surface area contributed by atoms with Crippen LogP contribution in [0.4, 0.5) is 13.2 Å². The lowest BCUT2D eigenvalue weighted by molar-refractivity contribution is -0.137. The van der Waals surface area contributed by atoms with E-state index in [-0.39, 0.29) is 0 Å². The standard InChI is InChI=1S/C12H14F3N/c1-2-16-6-5-9-7-11(12(13,14)15)4-3-10(9)8-16/h3-4,7H,2,5-6,8H2,1H3. The second-order valence-corrected chi connectivity index (χ2v) is 4.10. The molecule has 2 rings (SSSR count). The van der Waals surface area contributed by atoms with E-state index in [0.29, 0.717) is 6.42 Å². The van der Waals surface area contributed by atoms with Gasteiger partial charge in [-0.05, 0) is 36.2 Å². The van der Waals surface area contributed by atoms with Crippen LogP contribution in [0.5, 0.6) is 0 Å². The van der Waals surface area contributed by atoms with E-state index in [1.165, 1.54) is 12.1 Å². The van der Waals surface area contributed by atoms with Crippen molar-refractivity contribution >= 4 is 0 Å². The lowest BCUT2D eigenvalue weighted by Gasteiger charge is -2.28. The molecule has 0 N–H and O–H groups in total. The van der Waals surface area contributed by atoms with Crippen molar-refractivity contribution in [2.24, 2.45) is 0 Å². The van der Waals surface area contributed by atoms with Crippen LogP contribution in [0.1, 0.15) is 23.6 Å². The molecule has 0 atom stereocenters. The first kappa shape index (κ1) is 11.5. The van der Waals surface area contributed by atoms with E-state index in [9.17, 15) is 13.2 Å². The summed E-state index contributed by atoms with van der Waals surface area (Å²) in [6.45, 7) is 4.63. The molecule has 1 aliphatic rings. The fourth-order valence-electron chi connectivity index (χ4n) is 2.06. The van der Waals surface area contributed by atoms with E-state index in [1.807, 2.05) is 0 Å². The van der Waals surface area contributed by atoms with E-state index in [0.717, 1.165) is 30.8 Å². The lowest BCUT2D eigenvalue weighted by atomic mass is 9.97. The van der Waals surface area contributed by atoms with Gasteiger partial charge in [-0.1, -0.05) is 13.0 Å². The maximum atomic E-state index is 12.5. The van der Waals surface area contributed by atoms with Crippen LogP contribution in [0.3, 0.4) is 0 Å². The van der Waals surface area contributed by atoms with E-state index >= 15 is 0 Å². The molecule has 0 fully saturated rings. The summed E-state index contributed by atoms with van der Waals surface area (Å²) in [5, 5.41) is 0. The number of alkyl halides is 3. The summed E-state index contributed by atoms with van der Waals surface area (Å²) in [7, 11) is 0. The first-order valence-electron chi connectivity index (χ1n) is 5.42. The third kappa shape index (κ3) is 2.21. The number of hydrogen-bond donors (Lipinski definition) is 0. The van der Waals surface area contributed by atoms with Gasteiger partial charge in [0.05, 0.1) is 5.56 Å². The van der Waals surface area contributed by atoms with Crippen LogP contribution in [-0.2, 0) is 19.1 Å². The smallest absolute Gasteiger partial charge is 0.299 e. The van der Waals surface area contributed by atoms with Gasteiger partial charge in [0.25, 0.3) is 0 Å². The molecule has 1 aromatic rings. The summed E-state index contributed by atoms with van der Waals surface area (Å²) in [5.74, 6) is 0. The van der Waals surface area contributed by atoms with Crippen LogP contribution in [0, 0.1) is 0 Å². The normalized spacial score (nSPS) is 17.2. The van der Waals surface area contributed by atoms with Crippen LogP contribution in [0.15, 0.2) is 18.2 Å². The SMILES string of the molecule is CCN1CCc2cc(C(F)(F)F)ccc2C1. The first-order valence-corrected chi connectivity index (χ1v) is 5.42. The van der Waals surface area contributed by atoms with Crippen LogP contribution >= 0.6 is 0 Å². The van der Waals surface area contributed by atoms with Gasteiger partial charge in [-0.15, -0.1) is 0 Å². The summed E-state index contributed by atoms with van der Waals surface area (Å²) < 4.78 is 37.5. The Balaban J connectivity index is 2.28. The van der Waals surface area contributed by atoms with Gasteiger partial charge >= 0.3 is 6.18 Å². The molecule has 0 amide bonds. The Kier molecular flexibility index (Phi) is 2.93. The maximum absolute atomic E-state index is 12.5. The third-order valence-corrected chi connectivity index (χ3v) is 3.07. The summed E-state index contributed by atoms with van der Waals surface area (Å²) >= 11 is 0. The minimum Gasteiger partial charge on any atom is -0.299 e. The van der Waals surface area contributed by atoms with Gasteiger partial charge in [0, 0.05) is 13.1 Å². The van der Waals surface area contributed by atoms with Crippen LogP contribution in [0.2, 0.25) is 0 Å². The number of hydrogen-bond acceptors (Lipinski definition) is 1. The van der Waals surface area contributed by atoms with Gasteiger partial charge in [0.1, 0.15) is 0 Å². The highest BCUT2D eigenvalue weighted by atomic mass is 19.4.